The number of nitrogens with zero attached hydrogens (tertiary/aromatic N) is 2. The Morgan fingerprint density at radius 2 is 1.69 bits per heavy atom. The van der Waals surface area contributed by atoms with E-state index >= 15 is 0 Å². The SMILES string of the molecule is CC(C)(C)OC(=O)NCC(OC(=O)OC(C)(C)C)c1ccccc1-c1cn(C(=O)O)cn1. The van der Waals surface area contributed by atoms with Gasteiger partial charge in [-0.15, -0.1) is 0 Å². The lowest BCUT2D eigenvalue weighted by molar-refractivity contribution is -0.0280. The number of hydrogen-bond acceptors (Lipinski definition) is 7. The van der Waals surface area contributed by atoms with Gasteiger partial charge in [-0.25, -0.2) is 23.9 Å². The Morgan fingerprint density at radius 1 is 1.06 bits per heavy atom. The molecule has 174 valence electrons. The summed E-state index contributed by atoms with van der Waals surface area (Å²) in [6.07, 6.45) is -1.23. The minimum Gasteiger partial charge on any atom is -0.464 e. The fraction of sp³-hybridized carbons (Fsp3) is 0.455. The molecule has 0 radical (unpaired) electrons. The Kier molecular flexibility index (Phi) is 7.50. The summed E-state index contributed by atoms with van der Waals surface area (Å²) in [4.78, 5) is 39.9. The van der Waals surface area contributed by atoms with Crippen molar-refractivity contribution in [1.82, 2.24) is 14.9 Å². The van der Waals surface area contributed by atoms with Crippen LogP contribution in [0.25, 0.3) is 11.3 Å². The van der Waals surface area contributed by atoms with Crippen LogP contribution in [0.1, 0.15) is 53.2 Å². The highest BCUT2D eigenvalue weighted by atomic mass is 16.7. The molecule has 1 atom stereocenters. The predicted octanol–water partition coefficient (Wildman–Crippen LogP) is 4.59. The molecule has 1 aromatic heterocycles. The van der Waals surface area contributed by atoms with Gasteiger partial charge in [0.25, 0.3) is 0 Å². The molecule has 0 fully saturated rings. The molecule has 1 unspecified atom stereocenters. The molecule has 2 aromatic rings. The molecular weight excluding hydrogens is 418 g/mol. The number of benzene rings is 1. The van der Waals surface area contributed by atoms with Crippen molar-refractivity contribution in [2.24, 2.45) is 0 Å². The van der Waals surface area contributed by atoms with Gasteiger partial charge in [-0.05, 0) is 41.5 Å². The maximum absolute atomic E-state index is 12.4. The van der Waals surface area contributed by atoms with E-state index in [1.165, 1.54) is 6.20 Å². The van der Waals surface area contributed by atoms with Gasteiger partial charge in [-0.1, -0.05) is 24.3 Å². The van der Waals surface area contributed by atoms with Gasteiger partial charge >= 0.3 is 18.3 Å². The molecule has 1 heterocycles. The Hall–Kier alpha value is -3.56. The molecule has 10 heteroatoms. The van der Waals surface area contributed by atoms with Crippen LogP contribution in [0.2, 0.25) is 0 Å². The summed E-state index contributed by atoms with van der Waals surface area (Å²) in [5, 5.41) is 11.8. The first-order chi connectivity index (χ1) is 14.7. The zero-order valence-electron chi connectivity index (χ0n) is 19.0. The Balaban J connectivity index is 2.35. The summed E-state index contributed by atoms with van der Waals surface area (Å²) in [7, 11) is 0. The standard InChI is InChI=1S/C22H29N3O7/c1-21(2,3)31-18(26)23-11-17(30-20(29)32-22(4,5)6)15-10-8-7-9-14(15)16-12-25(13-24-16)19(27)28/h7-10,12-13,17H,11H2,1-6H3,(H,23,26)(H,27,28). The van der Waals surface area contributed by atoms with Crippen molar-refractivity contribution >= 4 is 18.3 Å². The minimum absolute atomic E-state index is 0.106. The minimum atomic E-state index is -1.19. The van der Waals surface area contributed by atoms with Gasteiger partial charge in [-0.2, -0.15) is 0 Å². The number of carboxylic acid groups (broad SMARTS) is 1. The molecule has 1 aromatic carbocycles. The maximum atomic E-state index is 12.4. The second-order valence-electron chi connectivity index (χ2n) is 8.99. The lowest BCUT2D eigenvalue weighted by Crippen LogP contribution is -2.36. The average molecular weight is 447 g/mol. The Bertz CT molecular complexity index is 970. The summed E-state index contributed by atoms with van der Waals surface area (Å²) < 4.78 is 16.9. The van der Waals surface area contributed by atoms with Crippen molar-refractivity contribution in [3.05, 3.63) is 42.4 Å². The van der Waals surface area contributed by atoms with Gasteiger partial charge in [0.05, 0.1) is 12.2 Å². The van der Waals surface area contributed by atoms with E-state index in [-0.39, 0.29) is 6.54 Å². The van der Waals surface area contributed by atoms with E-state index < -0.39 is 35.6 Å². The van der Waals surface area contributed by atoms with E-state index in [0.29, 0.717) is 16.8 Å². The first kappa shape index (κ1) is 24.7. The van der Waals surface area contributed by atoms with Crippen molar-refractivity contribution in [2.75, 3.05) is 6.54 Å². The summed E-state index contributed by atoms with van der Waals surface area (Å²) in [6.45, 7) is 10.2. The van der Waals surface area contributed by atoms with Crippen LogP contribution >= 0.6 is 0 Å². The van der Waals surface area contributed by atoms with Gasteiger partial charge in [0.1, 0.15) is 23.6 Å². The van der Waals surface area contributed by atoms with Crippen molar-refractivity contribution in [2.45, 2.75) is 58.8 Å². The van der Waals surface area contributed by atoms with Gasteiger partial charge in [0.2, 0.25) is 0 Å². The smallest absolute Gasteiger partial charge is 0.464 e. The number of amides is 1. The lowest BCUT2D eigenvalue weighted by atomic mass is 10.00. The third-order valence-electron chi connectivity index (χ3n) is 3.85. The lowest BCUT2D eigenvalue weighted by Gasteiger charge is -2.25. The zero-order valence-corrected chi connectivity index (χ0v) is 19.0. The van der Waals surface area contributed by atoms with Crippen LogP contribution in [-0.4, -0.2) is 50.7 Å². The fourth-order valence-corrected chi connectivity index (χ4v) is 2.67. The summed E-state index contributed by atoms with van der Waals surface area (Å²) >= 11 is 0. The van der Waals surface area contributed by atoms with Crippen LogP contribution in [-0.2, 0) is 14.2 Å². The summed E-state index contributed by atoms with van der Waals surface area (Å²) in [5.74, 6) is 0. The highest BCUT2D eigenvalue weighted by Crippen LogP contribution is 2.30. The molecule has 32 heavy (non-hydrogen) atoms. The molecule has 0 aliphatic rings. The van der Waals surface area contributed by atoms with E-state index in [0.717, 1.165) is 10.9 Å². The highest BCUT2D eigenvalue weighted by Gasteiger charge is 2.26. The third-order valence-corrected chi connectivity index (χ3v) is 3.85. The number of alkyl carbamates (subject to hydrolysis) is 1. The van der Waals surface area contributed by atoms with Crippen LogP contribution in [0.3, 0.4) is 0 Å². The van der Waals surface area contributed by atoms with E-state index in [1.807, 2.05) is 0 Å². The van der Waals surface area contributed by atoms with Crippen molar-refractivity contribution in [1.29, 1.82) is 0 Å². The van der Waals surface area contributed by atoms with Crippen LogP contribution < -0.4 is 5.32 Å². The van der Waals surface area contributed by atoms with Crippen LogP contribution in [0.4, 0.5) is 14.4 Å². The number of carbonyl (C=O) groups is 3. The molecule has 0 spiro atoms. The molecule has 2 rings (SSSR count). The van der Waals surface area contributed by atoms with Crippen LogP contribution in [0, 0.1) is 0 Å². The summed E-state index contributed by atoms with van der Waals surface area (Å²) in [5.41, 5.74) is -0.0807. The molecule has 1 amide bonds. The first-order valence-electron chi connectivity index (χ1n) is 9.98. The molecule has 2 N–H and O–H groups in total. The molecule has 10 nitrogen and oxygen atoms in total. The van der Waals surface area contributed by atoms with Gasteiger partial charge in [0, 0.05) is 17.3 Å². The predicted molar refractivity (Wildman–Crippen MR) is 115 cm³/mol. The largest absolute Gasteiger partial charge is 0.509 e. The monoisotopic (exact) mass is 447 g/mol. The molecule has 0 aliphatic heterocycles. The molecule has 0 bridgehead atoms. The molecule has 0 aliphatic carbocycles. The van der Waals surface area contributed by atoms with Crippen LogP contribution in [0.15, 0.2) is 36.8 Å². The highest BCUT2D eigenvalue weighted by molar-refractivity contribution is 5.72. The van der Waals surface area contributed by atoms with Crippen molar-refractivity contribution in [3.63, 3.8) is 0 Å². The second kappa shape index (κ2) is 9.71. The Morgan fingerprint density at radius 3 is 2.25 bits per heavy atom. The van der Waals surface area contributed by atoms with E-state index in [9.17, 15) is 14.4 Å². The quantitative estimate of drug-likeness (QED) is 0.637. The number of hydrogen-bond donors (Lipinski definition) is 2. The third kappa shape index (κ3) is 7.60. The van der Waals surface area contributed by atoms with E-state index in [4.69, 9.17) is 19.3 Å². The summed E-state index contributed by atoms with van der Waals surface area (Å²) in [6, 6.07) is 6.88. The van der Waals surface area contributed by atoms with Crippen molar-refractivity contribution < 1.29 is 33.7 Å². The maximum Gasteiger partial charge on any atom is 0.509 e. The number of rotatable bonds is 5. The number of ether oxygens (including phenoxy) is 3. The fourth-order valence-electron chi connectivity index (χ4n) is 2.67. The Labute approximate surface area is 186 Å². The molecule has 0 saturated carbocycles. The normalized spacial score (nSPS) is 12.6. The number of imidazole rings is 1. The topological polar surface area (TPSA) is 129 Å². The van der Waals surface area contributed by atoms with Gasteiger partial charge in [0.15, 0.2) is 0 Å². The number of carbonyl (C=O) groups excluding carboxylic acids is 2. The number of nitrogens with one attached hydrogen (secondary N) is 1. The molecule has 0 saturated heterocycles. The van der Waals surface area contributed by atoms with Crippen LogP contribution in [0.5, 0.6) is 0 Å². The van der Waals surface area contributed by atoms with Gasteiger partial charge < -0.3 is 24.6 Å². The van der Waals surface area contributed by atoms with Crippen molar-refractivity contribution in [3.8, 4) is 11.3 Å². The van der Waals surface area contributed by atoms with E-state index in [1.54, 1.807) is 65.8 Å². The first-order valence-corrected chi connectivity index (χ1v) is 9.98. The van der Waals surface area contributed by atoms with E-state index in [2.05, 4.69) is 10.3 Å². The average Bonchev–Trinajstić information content (AvgIpc) is 3.12. The second-order valence-corrected chi connectivity index (χ2v) is 8.99. The molecular formula is C22H29N3O7. The zero-order chi connectivity index (χ0) is 24.1. The van der Waals surface area contributed by atoms with Gasteiger partial charge in [-0.3, -0.25) is 0 Å². The number of aromatic nitrogens is 2.